The van der Waals surface area contributed by atoms with Crippen LogP contribution in [0.25, 0.3) is 0 Å². The summed E-state index contributed by atoms with van der Waals surface area (Å²) in [7, 11) is -2.27. The van der Waals surface area contributed by atoms with Gasteiger partial charge in [0.1, 0.15) is 0 Å². The van der Waals surface area contributed by atoms with Crippen molar-refractivity contribution in [3.05, 3.63) is 63.6 Å². The molecule has 0 radical (unpaired) electrons. The maximum Gasteiger partial charge on any atom is 0.243 e. The Kier molecular flexibility index (Phi) is 9.58. The molecule has 2 aromatic carbocycles. The molecular weight excluding hydrogens is 447 g/mol. The zero-order valence-electron chi connectivity index (χ0n) is 17.0. The summed E-state index contributed by atoms with van der Waals surface area (Å²) in [6, 6.07) is 11.6. The Hall–Kier alpha value is -1.64. The lowest BCUT2D eigenvalue weighted by Gasteiger charge is -2.23. The van der Waals surface area contributed by atoms with Crippen LogP contribution in [0.5, 0.6) is 0 Å². The van der Waals surface area contributed by atoms with Crippen LogP contribution in [-0.4, -0.2) is 45.4 Å². The van der Waals surface area contributed by atoms with Crippen molar-refractivity contribution in [1.82, 2.24) is 9.62 Å². The molecule has 1 amide bonds. The summed E-state index contributed by atoms with van der Waals surface area (Å²) in [6.45, 7) is 2.85. The molecule has 2 rings (SSSR count). The van der Waals surface area contributed by atoms with Crippen LogP contribution in [0.3, 0.4) is 0 Å². The average Bonchev–Trinajstić information content (AvgIpc) is 2.70. The molecule has 0 saturated carbocycles. The fourth-order valence-corrected chi connectivity index (χ4v) is 4.69. The van der Waals surface area contributed by atoms with Gasteiger partial charge in [-0.1, -0.05) is 47.0 Å². The Morgan fingerprint density at radius 1 is 1.10 bits per heavy atom. The minimum absolute atomic E-state index is 0.00608. The molecule has 164 valence electrons. The average molecular weight is 473 g/mol. The molecule has 0 spiro atoms. The van der Waals surface area contributed by atoms with Crippen molar-refractivity contribution in [3.8, 4) is 0 Å². The van der Waals surface area contributed by atoms with E-state index in [0.29, 0.717) is 35.2 Å². The fourth-order valence-electron chi connectivity index (χ4n) is 2.76. The molecule has 0 saturated heterocycles. The van der Waals surface area contributed by atoms with Gasteiger partial charge < -0.3 is 10.1 Å². The standard InChI is InChI=1S/C21H26Cl2N2O4S/c1-16-7-9-17(10-8-16)30(27,28)25(13-11-21(26)24-12-4-14-29-2)15-18-19(22)5-3-6-20(18)23/h3,5-10H,4,11-15H2,1-2H3,(H,24,26). The van der Waals surface area contributed by atoms with Crippen molar-refractivity contribution < 1.29 is 17.9 Å². The number of nitrogens with one attached hydrogen (secondary N) is 1. The molecule has 0 atom stereocenters. The number of nitrogens with zero attached hydrogens (tertiary/aromatic N) is 1. The number of amides is 1. The number of sulfonamides is 1. The van der Waals surface area contributed by atoms with Crippen LogP contribution < -0.4 is 5.32 Å². The molecule has 0 aromatic heterocycles. The van der Waals surface area contributed by atoms with E-state index in [4.69, 9.17) is 27.9 Å². The predicted molar refractivity (Wildman–Crippen MR) is 119 cm³/mol. The summed E-state index contributed by atoms with van der Waals surface area (Å²) in [5.41, 5.74) is 1.45. The van der Waals surface area contributed by atoms with Crippen molar-refractivity contribution in [2.75, 3.05) is 26.8 Å². The molecule has 30 heavy (non-hydrogen) atoms. The number of aryl methyl sites for hydroxylation is 1. The van der Waals surface area contributed by atoms with E-state index in [0.717, 1.165) is 5.56 Å². The molecular formula is C21H26Cl2N2O4S. The molecule has 0 aliphatic rings. The second kappa shape index (κ2) is 11.7. The number of rotatable bonds is 11. The van der Waals surface area contributed by atoms with Gasteiger partial charge in [0.05, 0.1) is 4.90 Å². The highest BCUT2D eigenvalue weighted by atomic mass is 35.5. The van der Waals surface area contributed by atoms with Crippen LogP contribution in [0.1, 0.15) is 24.0 Å². The third kappa shape index (κ3) is 6.96. The summed E-state index contributed by atoms with van der Waals surface area (Å²) < 4.78 is 32.7. The number of hydrogen-bond acceptors (Lipinski definition) is 4. The minimum Gasteiger partial charge on any atom is -0.385 e. The molecule has 6 nitrogen and oxygen atoms in total. The molecule has 2 aromatic rings. The van der Waals surface area contributed by atoms with E-state index in [1.54, 1.807) is 49.6 Å². The smallest absolute Gasteiger partial charge is 0.243 e. The molecule has 0 heterocycles. The first-order valence-electron chi connectivity index (χ1n) is 9.51. The first-order chi connectivity index (χ1) is 14.3. The highest BCUT2D eigenvalue weighted by molar-refractivity contribution is 7.89. The molecule has 1 N–H and O–H groups in total. The van der Waals surface area contributed by atoms with E-state index in [1.165, 1.54) is 4.31 Å². The zero-order valence-corrected chi connectivity index (χ0v) is 19.4. The molecule has 0 aliphatic carbocycles. The summed E-state index contributed by atoms with van der Waals surface area (Å²) in [4.78, 5) is 12.3. The Morgan fingerprint density at radius 2 is 1.73 bits per heavy atom. The Balaban J connectivity index is 2.22. The van der Waals surface area contributed by atoms with Gasteiger partial charge in [-0.05, 0) is 37.6 Å². The first kappa shape index (κ1) is 24.6. The second-order valence-corrected chi connectivity index (χ2v) is 9.55. The maximum absolute atomic E-state index is 13.3. The van der Waals surface area contributed by atoms with Crippen LogP contribution >= 0.6 is 23.2 Å². The summed E-state index contributed by atoms with van der Waals surface area (Å²) in [5, 5.41) is 3.51. The topological polar surface area (TPSA) is 75.7 Å². The second-order valence-electron chi connectivity index (χ2n) is 6.80. The van der Waals surface area contributed by atoms with Crippen molar-refractivity contribution >= 4 is 39.1 Å². The van der Waals surface area contributed by atoms with Gasteiger partial charge in [-0.25, -0.2) is 8.42 Å². The highest BCUT2D eigenvalue weighted by Crippen LogP contribution is 2.28. The van der Waals surface area contributed by atoms with Gasteiger partial charge in [0.25, 0.3) is 0 Å². The van der Waals surface area contributed by atoms with E-state index in [9.17, 15) is 13.2 Å². The monoisotopic (exact) mass is 472 g/mol. The van der Waals surface area contributed by atoms with E-state index in [-0.39, 0.29) is 30.3 Å². The van der Waals surface area contributed by atoms with Gasteiger partial charge >= 0.3 is 0 Å². The normalized spacial score (nSPS) is 11.6. The first-order valence-corrected chi connectivity index (χ1v) is 11.7. The van der Waals surface area contributed by atoms with E-state index >= 15 is 0 Å². The van der Waals surface area contributed by atoms with Gasteiger partial charge in [0.2, 0.25) is 15.9 Å². The van der Waals surface area contributed by atoms with Crippen molar-refractivity contribution in [2.45, 2.75) is 31.2 Å². The lowest BCUT2D eigenvalue weighted by atomic mass is 10.2. The molecule has 0 unspecified atom stereocenters. The zero-order chi connectivity index (χ0) is 22.1. The van der Waals surface area contributed by atoms with E-state index in [2.05, 4.69) is 5.32 Å². The van der Waals surface area contributed by atoms with Crippen LogP contribution in [0, 0.1) is 6.92 Å². The number of carbonyl (C=O) groups excluding carboxylic acids is 1. The van der Waals surface area contributed by atoms with Gasteiger partial charge in [-0.3, -0.25) is 4.79 Å². The maximum atomic E-state index is 13.3. The number of benzene rings is 2. The number of hydrogen-bond donors (Lipinski definition) is 1. The van der Waals surface area contributed by atoms with Crippen molar-refractivity contribution in [3.63, 3.8) is 0 Å². The lowest BCUT2D eigenvalue weighted by molar-refractivity contribution is -0.121. The van der Waals surface area contributed by atoms with Crippen LogP contribution in [-0.2, 0) is 26.1 Å². The number of carbonyl (C=O) groups is 1. The van der Waals surface area contributed by atoms with Gasteiger partial charge in [-0.15, -0.1) is 0 Å². The third-order valence-electron chi connectivity index (χ3n) is 4.49. The Morgan fingerprint density at radius 3 is 2.33 bits per heavy atom. The van der Waals surface area contributed by atoms with Crippen molar-refractivity contribution in [1.29, 1.82) is 0 Å². The SMILES string of the molecule is COCCCNC(=O)CCN(Cc1c(Cl)cccc1Cl)S(=O)(=O)c1ccc(C)cc1. The van der Waals surface area contributed by atoms with Gasteiger partial charge in [0.15, 0.2) is 0 Å². The lowest BCUT2D eigenvalue weighted by Crippen LogP contribution is -2.35. The number of halogens is 2. The molecule has 0 aliphatic heterocycles. The van der Waals surface area contributed by atoms with Gasteiger partial charge in [0, 0.05) is 55.4 Å². The molecule has 9 heteroatoms. The Labute approximate surface area is 188 Å². The Bertz CT molecular complexity index is 930. The third-order valence-corrected chi connectivity index (χ3v) is 7.06. The van der Waals surface area contributed by atoms with Gasteiger partial charge in [-0.2, -0.15) is 4.31 Å². The minimum atomic E-state index is -3.86. The molecule has 0 bridgehead atoms. The fraction of sp³-hybridized carbons (Fsp3) is 0.381. The predicted octanol–water partition coefficient (Wildman–Crippen LogP) is 4.04. The van der Waals surface area contributed by atoms with E-state index < -0.39 is 10.0 Å². The van der Waals surface area contributed by atoms with Crippen molar-refractivity contribution in [2.24, 2.45) is 0 Å². The van der Waals surface area contributed by atoms with Crippen LogP contribution in [0.15, 0.2) is 47.4 Å². The van der Waals surface area contributed by atoms with Crippen LogP contribution in [0.4, 0.5) is 0 Å². The summed E-state index contributed by atoms with van der Waals surface area (Å²) in [5.74, 6) is -0.236. The summed E-state index contributed by atoms with van der Waals surface area (Å²) in [6.07, 6.45) is 0.697. The summed E-state index contributed by atoms with van der Waals surface area (Å²) >= 11 is 12.5. The molecule has 0 fully saturated rings. The van der Waals surface area contributed by atoms with Crippen LogP contribution in [0.2, 0.25) is 10.0 Å². The highest BCUT2D eigenvalue weighted by Gasteiger charge is 2.26. The number of ether oxygens (including phenoxy) is 1. The quantitative estimate of drug-likeness (QED) is 0.500. The largest absolute Gasteiger partial charge is 0.385 e. The number of methoxy groups -OCH3 is 1. The van der Waals surface area contributed by atoms with E-state index in [1.807, 2.05) is 6.92 Å².